The first-order valence-corrected chi connectivity index (χ1v) is 9.60. The molecule has 0 radical (unpaired) electrons. The molecule has 3 heterocycles. The van der Waals surface area contributed by atoms with Crippen LogP contribution in [0, 0.1) is 0 Å². The number of aromatic amines is 1. The number of rotatable bonds is 3. The molecule has 2 fully saturated rings. The van der Waals surface area contributed by atoms with Crippen molar-refractivity contribution in [3.8, 4) is 0 Å². The van der Waals surface area contributed by atoms with Crippen molar-refractivity contribution in [1.29, 1.82) is 0 Å². The Morgan fingerprint density at radius 3 is 2.65 bits per heavy atom. The van der Waals surface area contributed by atoms with Crippen molar-refractivity contribution in [3.05, 3.63) is 34.7 Å². The van der Waals surface area contributed by atoms with Crippen LogP contribution in [0.15, 0.2) is 29.1 Å². The minimum Gasteiger partial charge on any atom is -0.341 e. The summed E-state index contributed by atoms with van der Waals surface area (Å²) in [6.07, 6.45) is 1.64. The van der Waals surface area contributed by atoms with Gasteiger partial charge in [0.05, 0.1) is 17.1 Å². The molecule has 140 valence electrons. The van der Waals surface area contributed by atoms with Crippen LogP contribution in [0.5, 0.6) is 0 Å². The number of aromatic nitrogens is 2. The number of likely N-dealkylation sites (tertiary alicyclic amines) is 1. The first-order valence-electron chi connectivity index (χ1n) is 9.60. The molecule has 0 bridgehead atoms. The molecule has 1 aromatic heterocycles. The highest BCUT2D eigenvalue weighted by Gasteiger charge is 2.36. The summed E-state index contributed by atoms with van der Waals surface area (Å²) in [6.45, 7) is 7.52. The monoisotopic (exact) mass is 358 g/mol. The minimum absolute atomic E-state index is 0.0513. The summed E-state index contributed by atoms with van der Waals surface area (Å²) in [6, 6.07) is 8.41. The molecule has 0 aliphatic carbocycles. The molecule has 7 heteroatoms. The first-order chi connectivity index (χ1) is 12.5. The Kier molecular flexibility index (Phi) is 4.58. The molecule has 1 aromatic carbocycles. The smallest absolute Gasteiger partial charge is 0.326 e. The van der Waals surface area contributed by atoms with Gasteiger partial charge in [0.2, 0.25) is 5.91 Å². The minimum atomic E-state index is -0.0697. The maximum absolute atomic E-state index is 12.8. The van der Waals surface area contributed by atoms with Gasteiger partial charge in [-0.3, -0.25) is 14.7 Å². The zero-order chi connectivity index (χ0) is 18.3. The van der Waals surface area contributed by atoms with Gasteiger partial charge in [-0.05, 0) is 38.8 Å². The molecular weight excluding hydrogens is 330 g/mol. The number of hydrogen-bond acceptors (Lipinski definition) is 3. The number of piperidine rings is 1. The standard InChI is InChI=1S/C19H27N5O2/c1-13(2)23-11-16(20-12-23)18(25)22-9-7-14(8-10-22)24-17-6-4-3-5-15(17)21-19(24)26/h3-6,13-14,16,20H,7-12H2,1-2H3,(H,21,26)/p+1. The molecule has 0 spiro atoms. The summed E-state index contributed by atoms with van der Waals surface area (Å²) in [5, 5.41) is 3.37. The molecular formula is C19H28N5O2+. The third kappa shape index (κ3) is 3.05. The van der Waals surface area contributed by atoms with E-state index in [1.54, 1.807) is 0 Å². The molecule has 4 rings (SSSR count). The molecule has 2 unspecified atom stereocenters. The van der Waals surface area contributed by atoms with Gasteiger partial charge in [-0.15, -0.1) is 0 Å². The van der Waals surface area contributed by atoms with Gasteiger partial charge in [0, 0.05) is 19.1 Å². The topological polar surface area (TPSA) is 74.6 Å². The second kappa shape index (κ2) is 6.89. The third-order valence-electron chi connectivity index (χ3n) is 5.92. The number of H-pyrrole nitrogens is 1. The Morgan fingerprint density at radius 2 is 1.96 bits per heavy atom. The van der Waals surface area contributed by atoms with Crippen molar-refractivity contribution in [2.45, 2.75) is 44.8 Å². The first kappa shape index (κ1) is 17.3. The molecule has 2 aliphatic heterocycles. The average Bonchev–Trinajstić information content (AvgIpc) is 3.25. The van der Waals surface area contributed by atoms with Gasteiger partial charge in [0.25, 0.3) is 0 Å². The highest BCUT2D eigenvalue weighted by atomic mass is 16.2. The lowest BCUT2D eigenvalue weighted by Gasteiger charge is -2.33. The van der Waals surface area contributed by atoms with Crippen molar-refractivity contribution in [2.24, 2.45) is 0 Å². The summed E-state index contributed by atoms with van der Waals surface area (Å²) in [5.41, 5.74) is 1.78. The van der Waals surface area contributed by atoms with Gasteiger partial charge in [-0.25, -0.2) is 4.79 Å². The van der Waals surface area contributed by atoms with E-state index in [1.807, 2.05) is 33.7 Å². The van der Waals surface area contributed by atoms with Crippen molar-refractivity contribution in [2.75, 3.05) is 26.3 Å². The lowest BCUT2D eigenvalue weighted by atomic mass is 10.0. The lowest BCUT2D eigenvalue weighted by molar-refractivity contribution is -0.910. The van der Waals surface area contributed by atoms with E-state index < -0.39 is 0 Å². The second-order valence-corrected chi connectivity index (χ2v) is 7.82. The van der Waals surface area contributed by atoms with E-state index in [0.29, 0.717) is 19.1 Å². The molecule has 2 saturated heterocycles. The fourth-order valence-electron chi connectivity index (χ4n) is 4.28. The number of imidazole rings is 1. The molecule has 7 nitrogen and oxygen atoms in total. The predicted octanol–water partition coefficient (Wildman–Crippen LogP) is -0.284. The summed E-state index contributed by atoms with van der Waals surface area (Å²) in [7, 11) is 0. The van der Waals surface area contributed by atoms with Gasteiger partial charge in [0.15, 0.2) is 0 Å². The molecule has 26 heavy (non-hydrogen) atoms. The zero-order valence-corrected chi connectivity index (χ0v) is 15.5. The highest BCUT2D eigenvalue weighted by Crippen LogP contribution is 2.25. The number of nitrogens with zero attached hydrogens (tertiary/aromatic N) is 2. The predicted molar refractivity (Wildman–Crippen MR) is 100 cm³/mol. The van der Waals surface area contributed by atoms with Crippen molar-refractivity contribution in [1.82, 2.24) is 19.8 Å². The third-order valence-corrected chi connectivity index (χ3v) is 5.92. The normalized spacial score (nSPS) is 24.7. The number of nitrogens with one attached hydrogen (secondary N) is 3. The van der Waals surface area contributed by atoms with Crippen LogP contribution in [0.4, 0.5) is 0 Å². The fourth-order valence-corrected chi connectivity index (χ4v) is 4.28. The van der Waals surface area contributed by atoms with Crippen LogP contribution < -0.4 is 15.9 Å². The van der Waals surface area contributed by atoms with Crippen molar-refractivity contribution in [3.63, 3.8) is 0 Å². The summed E-state index contributed by atoms with van der Waals surface area (Å²) in [5.74, 6) is 0.213. The van der Waals surface area contributed by atoms with Gasteiger partial charge in [0.1, 0.15) is 19.3 Å². The number of benzene rings is 1. The number of hydrogen-bond donors (Lipinski definition) is 3. The SMILES string of the molecule is CC(C)[NH+]1CNC(C(=O)N2CCC(n3c(=O)[nH]c4ccccc43)CC2)C1. The number of para-hydroxylation sites is 2. The summed E-state index contributed by atoms with van der Waals surface area (Å²) < 4.78 is 1.87. The maximum Gasteiger partial charge on any atom is 0.326 e. The van der Waals surface area contributed by atoms with Gasteiger partial charge in [-0.2, -0.15) is 0 Å². The molecule has 1 amide bonds. The maximum atomic E-state index is 12.8. The summed E-state index contributed by atoms with van der Waals surface area (Å²) >= 11 is 0. The summed E-state index contributed by atoms with van der Waals surface area (Å²) in [4.78, 5) is 31.5. The van der Waals surface area contributed by atoms with Gasteiger partial charge in [-0.1, -0.05) is 12.1 Å². The zero-order valence-electron chi connectivity index (χ0n) is 15.5. The lowest BCUT2D eigenvalue weighted by Crippen LogP contribution is -3.14. The van der Waals surface area contributed by atoms with E-state index in [-0.39, 0.29) is 23.7 Å². The number of amides is 1. The number of carbonyl (C=O) groups is 1. The Hall–Kier alpha value is -2.12. The van der Waals surface area contributed by atoms with E-state index in [2.05, 4.69) is 24.1 Å². The van der Waals surface area contributed by atoms with E-state index in [9.17, 15) is 9.59 Å². The fraction of sp³-hybridized carbons (Fsp3) is 0.579. The van der Waals surface area contributed by atoms with Crippen molar-refractivity contribution < 1.29 is 9.69 Å². The van der Waals surface area contributed by atoms with E-state index in [4.69, 9.17) is 0 Å². The Bertz CT molecular complexity index is 847. The van der Waals surface area contributed by atoms with Crippen LogP contribution in [-0.2, 0) is 4.79 Å². The number of carbonyl (C=O) groups excluding carboxylic acids is 1. The van der Waals surface area contributed by atoms with Crippen LogP contribution in [0.2, 0.25) is 0 Å². The van der Waals surface area contributed by atoms with Crippen LogP contribution in [0.25, 0.3) is 11.0 Å². The van der Waals surface area contributed by atoms with Crippen molar-refractivity contribution >= 4 is 16.9 Å². The Balaban J connectivity index is 1.42. The average molecular weight is 358 g/mol. The quantitative estimate of drug-likeness (QED) is 0.706. The molecule has 2 aliphatic rings. The van der Waals surface area contributed by atoms with Crippen LogP contribution in [0.3, 0.4) is 0 Å². The largest absolute Gasteiger partial charge is 0.341 e. The number of fused-ring (bicyclic) bond motifs is 1. The van der Waals surface area contributed by atoms with Gasteiger partial charge >= 0.3 is 5.69 Å². The highest BCUT2D eigenvalue weighted by molar-refractivity contribution is 5.82. The van der Waals surface area contributed by atoms with E-state index >= 15 is 0 Å². The molecule has 2 aromatic rings. The van der Waals surface area contributed by atoms with Crippen LogP contribution >= 0.6 is 0 Å². The van der Waals surface area contributed by atoms with Crippen LogP contribution in [-0.4, -0.2) is 58.7 Å². The van der Waals surface area contributed by atoms with E-state index in [0.717, 1.165) is 37.1 Å². The Labute approximate surface area is 153 Å². The molecule has 3 N–H and O–H groups in total. The molecule has 0 saturated carbocycles. The van der Waals surface area contributed by atoms with Gasteiger partial charge < -0.3 is 14.8 Å². The molecule has 2 atom stereocenters. The second-order valence-electron chi connectivity index (χ2n) is 7.82. The Morgan fingerprint density at radius 1 is 1.23 bits per heavy atom. The number of quaternary nitrogens is 1. The van der Waals surface area contributed by atoms with E-state index in [1.165, 1.54) is 4.90 Å². The van der Waals surface area contributed by atoms with Crippen LogP contribution in [0.1, 0.15) is 32.7 Å².